The fourth-order valence-corrected chi connectivity index (χ4v) is 3.91. The molecule has 3 aromatic rings. The van der Waals surface area contributed by atoms with Gasteiger partial charge in [-0.05, 0) is 44.7 Å². The molecule has 0 radical (unpaired) electrons. The fourth-order valence-electron chi connectivity index (χ4n) is 3.91. The second kappa shape index (κ2) is 7.78. The highest BCUT2D eigenvalue weighted by Crippen LogP contribution is 2.27. The maximum absolute atomic E-state index is 13.4. The molecule has 1 unspecified atom stereocenters. The Morgan fingerprint density at radius 3 is 3.04 bits per heavy atom. The predicted octanol–water partition coefficient (Wildman–Crippen LogP) is 3.67. The van der Waals surface area contributed by atoms with Crippen LogP contribution in [0.3, 0.4) is 0 Å². The van der Waals surface area contributed by atoms with E-state index < -0.39 is 0 Å². The van der Waals surface area contributed by atoms with Crippen molar-refractivity contribution in [2.24, 2.45) is 0 Å². The first-order valence-electron chi connectivity index (χ1n) is 9.61. The van der Waals surface area contributed by atoms with Crippen molar-refractivity contribution in [1.82, 2.24) is 24.9 Å². The van der Waals surface area contributed by atoms with E-state index in [9.17, 15) is 4.79 Å². The topological polar surface area (TPSA) is 66.8 Å². The molecule has 1 saturated heterocycles. The van der Waals surface area contributed by atoms with E-state index in [2.05, 4.69) is 34.4 Å². The number of carbonyl (C=O) groups is 1. The van der Waals surface area contributed by atoms with Crippen molar-refractivity contribution in [1.29, 1.82) is 0 Å². The number of aromatic amines is 1. The molecule has 27 heavy (non-hydrogen) atoms. The summed E-state index contributed by atoms with van der Waals surface area (Å²) in [5.74, 6) is 0.0745. The Kier molecular flexibility index (Phi) is 5.05. The van der Waals surface area contributed by atoms with Gasteiger partial charge in [0.05, 0.1) is 17.5 Å². The van der Waals surface area contributed by atoms with Crippen LogP contribution in [-0.4, -0.2) is 43.4 Å². The Labute approximate surface area is 159 Å². The van der Waals surface area contributed by atoms with E-state index >= 15 is 0 Å². The van der Waals surface area contributed by atoms with Crippen LogP contribution in [0.1, 0.15) is 41.6 Å². The summed E-state index contributed by atoms with van der Waals surface area (Å²) < 4.78 is 1.94. The molecule has 0 aliphatic carbocycles. The van der Waals surface area contributed by atoms with Gasteiger partial charge in [0.2, 0.25) is 0 Å². The largest absolute Gasteiger partial charge is 0.335 e. The summed E-state index contributed by atoms with van der Waals surface area (Å²) in [5.41, 5.74) is 3.63. The first kappa shape index (κ1) is 17.5. The molecule has 1 aromatic carbocycles. The molecule has 6 nitrogen and oxygen atoms in total. The van der Waals surface area contributed by atoms with E-state index in [1.165, 1.54) is 6.42 Å². The number of likely N-dealkylation sites (tertiary alicyclic amines) is 1. The molecule has 1 aliphatic heterocycles. The van der Waals surface area contributed by atoms with Gasteiger partial charge in [-0.15, -0.1) is 0 Å². The van der Waals surface area contributed by atoms with Crippen LogP contribution < -0.4 is 0 Å². The Morgan fingerprint density at radius 2 is 2.22 bits per heavy atom. The molecule has 0 spiro atoms. The van der Waals surface area contributed by atoms with Crippen molar-refractivity contribution in [2.75, 3.05) is 6.54 Å². The van der Waals surface area contributed by atoms with Crippen LogP contribution >= 0.6 is 0 Å². The van der Waals surface area contributed by atoms with Crippen LogP contribution in [0.2, 0.25) is 0 Å². The number of aryl methyl sites for hydroxylation is 2. The van der Waals surface area contributed by atoms with E-state index in [1.54, 1.807) is 12.4 Å². The lowest BCUT2D eigenvalue weighted by Gasteiger charge is -2.36. The summed E-state index contributed by atoms with van der Waals surface area (Å²) in [6.07, 6.45) is 9.63. The molecule has 0 bridgehead atoms. The second-order valence-electron chi connectivity index (χ2n) is 7.23. The molecular weight excluding hydrogens is 338 g/mol. The van der Waals surface area contributed by atoms with Gasteiger partial charge in [-0.1, -0.05) is 23.8 Å². The number of rotatable bonds is 5. The average molecular weight is 363 g/mol. The number of H-pyrrole nitrogens is 1. The normalized spacial score (nSPS) is 17.2. The van der Waals surface area contributed by atoms with Gasteiger partial charge in [0.1, 0.15) is 0 Å². The minimum atomic E-state index is 0.0745. The van der Waals surface area contributed by atoms with Crippen molar-refractivity contribution in [3.05, 3.63) is 60.0 Å². The third-order valence-corrected chi connectivity index (χ3v) is 5.32. The van der Waals surface area contributed by atoms with Crippen molar-refractivity contribution in [3.8, 4) is 11.3 Å². The highest BCUT2D eigenvalue weighted by atomic mass is 16.2. The van der Waals surface area contributed by atoms with Crippen LogP contribution in [0.25, 0.3) is 11.3 Å². The summed E-state index contributed by atoms with van der Waals surface area (Å²) in [7, 11) is 0. The van der Waals surface area contributed by atoms with Gasteiger partial charge >= 0.3 is 0 Å². The van der Waals surface area contributed by atoms with Gasteiger partial charge in [0.25, 0.3) is 5.91 Å². The van der Waals surface area contributed by atoms with E-state index in [4.69, 9.17) is 0 Å². The molecule has 1 fully saturated rings. The van der Waals surface area contributed by atoms with Crippen molar-refractivity contribution < 1.29 is 4.79 Å². The lowest BCUT2D eigenvalue weighted by atomic mass is 9.97. The van der Waals surface area contributed by atoms with Gasteiger partial charge in [0.15, 0.2) is 0 Å². The lowest BCUT2D eigenvalue weighted by Crippen LogP contribution is -2.44. The molecule has 2 aromatic heterocycles. The molecule has 4 rings (SSSR count). The number of amides is 1. The van der Waals surface area contributed by atoms with Crippen LogP contribution in [0.4, 0.5) is 0 Å². The maximum atomic E-state index is 13.4. The quantitative estimate of drug-likeness (QED) is 0.752. The number of nitrogens with zero attached hydrogens (tertiary/aromatic N) is 4. The zero-order valence-corrected chi connectivity index (χ0v) is 15.6. The Balaban J connectivity index is 1.55. The number of carbonyl (C=O) groups excluding carboxylic acids is 1. The van der Waals surface area contributed by atoms with Crippen LogP contribution in [0.15, 0.2) is 48.9 Å². The summed E-state index contributed by atoms with van der Waals surface area (Å²) in [4.78, 5) is 15.4. The SMILES string of the molecule is Cc1cccc(-c2[nH]ncc2C(=O)N2CCCCC2CCn2cccn2)c1. The minimum Gasteiger partial charge on any atom is -0.335 e. The lowest BCUT2D eigenvalue weighted by molar-refractivity contribution is 0.0595. The van der Waals surface area contributed by atoms with E-state index in [-0.39, 0.29) is 11.9 Å². The van der Waals surface area contributed by atoms with Gasteiger partial charge < -0.3 is 4.90 Å². The highest BCUT2D eigenvalue weighted by Gasteiger charge is 2.29. The Bertz CT molecular complexity index is 899. The van der Waals surface area contributed by atoms with Gasteiger partial charge in [-0.3, -0.25) is 14.6 Å². The summed E-state index contributed by atoms with van der Waals surface area (Å²) in [6, 6.07) is 10.3. The van der Waals surface area contributed by atoms with Crippen molar-refractivity contribution in [3.63, 3.8) is 0 Å². The van der Waals surface area contributed by atoms with Crippen LogP contribution in [0, 0.1) is 6.92 Å². The van der Waals surface area contributed by atoms with Gasteiger partial charge in [-0.2, -0.15) is 10.2 Å². The predicted molar refractivity (Wildman–Crippen MR) is 104 cm³/mol. The monoisotopic (exact) mass is 363 g/mol. The Morgan fingerprint density at radius 1 is 1.30 bits per heavy atom. The number of nitrogens with one attached hydrogen (secondary N) is 1. The molecule has 1 aliphatic rings. The number of hydrogen-bond donors (Lipinski definition) is 1. The minimum absolute atomic E-state index is 0.0745. The molecule has 1 N–H and O–H groups in total. The molecule has 140 valence electrons. The second-order valence-corrected chi connectivity index (χ2v) is 7.23. The third-order valence-electron chi connectivity index (χ3n) is 5.32. The summed E-state index contributed by atoms with van der Waals surface area (Å²) in [5, 5.41) is 11.5. The number of aromatic nitrogens is 4. The van der Waals surface area contributed by atoms with Crippen LogP contribution in [0.5, 0.6) is 0 Å². The van der Waals surface area contributed by atoms with Crippen molar-refractivity contribution >= 4 is 5.91 Å². The zero-order chi connectivity index (χ0) is 18.6. The first-order chi connectivity index (χ1) is 13.2. The number of hydrogen-bond acceptors (Lipinski definition) is 3. The van der Waals surface area contributed by atoms with Gasteiger partial charge in [0, 0.05) is 37.1 Å². The summed E-state index contributed by atoms with van der Waals surface area (Å²) >= 11 is 0. The smallest absolute Gasteiger partial charge is 0.257 e. The molecule has 1 atom stereocenters. The fraction of sp³-hybridized carbons (Fsp3) is 0.381. The highest BCUT2D eigenvalue weighted by molar-refractivity contribution is 6.00. The molecular formula is C21H25N5O. The molecule has 6 heteroatoms. The Hall–Kier alpha value is -2.89. The average Bonchev–Trinajstić information content (AvgIpc) is 3.38. The van der Waals surface area contributed by atoms with Crippen molar-refractivity contribution in [2.45, 2.75) is 45.2 Å². The summed E-state index contributed by atoms with van der Waals surface area (Å²) in [6.45, 7) is 3.69. The molecule has 3 heterocycles. The standard InChI is InChI=1S/C21H25N5O/c1-16-6-4-7-17(14-16)20-19(15-22-24-20)21(27)26-12-3-2-8-18(26)9-13-25-11-5-10-23-25/h4-7,10-11,14-15,18H,2-3,8-9,12-13H2,1H3,(H,22,24). The molecule has 0 saturated carbocycles. The molecule has 1 amide bonds. The van der Waals surface area contributed by atoms with E-state index in [0.29, 0.717) is 5.56 Å². The van der Waals surface area contributed by atoms with Crippen LogP contribution in [-0.2, 0) is 6.54 Å². The zero-order valence-electron chi connectivity index (χ0n) is 15.6. The van der Waals surface area contributed by atoms with Gasteiger partial charge in [-0.25, -0.2) is 0 Å². The number of piperidine rings is 1. The third kappa shape index (κ3) is 3.79. The van der Waals surface area contributed by atoms with E-state index in [0.717, 1.165) is 49.2 Å². The number of benzene rings is 1. The van der Waals surface area contributed by atoms with E-state index in [1.807, 2.05) is 34.0 Å². The first-order valence-corrected chi connectivity index (χ1v) is 9.61. The maximum Gasteiger partial charge on any atom is 0.257 e.